The van der Waals surface area contributed by atoms with Gasteiger partial charge in [-0.3, -0.25) is 4.79 Å². The van der Waals surface area contributed by atoms with Gasteiger partial charge in [0.05, 0.1) is 32.0 Å². The molecule has 1 amide bonds. The summed E-state index contributed by atoms with van der Waals surface area (Å²) in [6, 6.07) is 13.5. The molecule has 0 aliphatic heterocycles. The van der Waals surface area contributed by atoms with Crippen LogP contribution in [0.25, 0.3) is 11.3 Å². The summed E-state index contributed by atoms with van der Waals surface area (Å²) < 4.78 is 16.4. The molecule has 0 unspecified atom stereocenters. The number of aryl methyl sites for hydroxylation is 1. The van der Waals surface area contributed by atoms with Crippen molar-refractivity contribution in [3.8, 4) is 28.5 Å². The lowest BCUT2D eigenvalue weighted by Crippen LogP contribution is -2.14. The number of amides is 1. The molecule has 0 bridgehead atoms. The molecule has 7 nitrogen and oxygen atoms in total. The zero-order valence-electron chi connectivity index (χ0n) is 18.5. The Morgan fingerprint density at radius 1 is 0.970 bits per heavy atom. The van der Waals surface area contributed by atoms with Gasteiger partial charge in [0.15, 0.2) is 16.6 Å². The maximum absolute atomic E-state index is 12.5. The van der Waals surface area contributed by atoms with Crippen LogP contribution in [0.5, 0.6) is 17.2 Å². The molecular weight excluding hydrogens is 458 g/mol. The van der Waals surface area contributed by atoms with Gasteiger partial charge in [0.2, 0.25) is 5.91 Å². The van der Waals surface area contributed by atoms with E-state index in [1.54, 1.807) is 14.2 Å². The molecule has 0 saturated carbocycles. The molecule has 0 spiro atoms. The zero-order valence-corrected chi connectivity index (χ0v) is 20.1. The maximum atomic E-state index is 12.5. The second kappa shape index (κ2) is 10.5. The van der Waals surface area contributed by atoms with E-state index in [0.717, 1.165) is 22.0 Å². The van der Waals surface area contributed by atoms with E-state index in [9.17, 15) is 4.79 Å². The van der Waals surface area contributed by atoms with Crippen LogP contribution in [-0.2, 0) is 17.8 Å². The lowest BCUT2D eigenvalue weighted by molar-refractivity contribution is -0.115. The number of ether oxygens (including phenoxy) is 3. The molecule has 0 saturated heterocycles. The van der Waals surface area contributed by atoms with Gasteiger partial charge in [0.25, 0.3) is 0 Å². The summed E-state index contributed by atoms with van der Waals surface area (Å²) in [6.45, 7) is 2.40. The van der Waals surface area contributed by atoms with Gasteiger partial charge in [0.1, 0.15) is 17.4 Å². The number of thiazole rings is 2. The first-order valence-electron chi connectivity index (χ1n) is 10.1. The standard InChI is InChI=1S/C24H23N3O4S2/c1-15-4-7-18(8-5-15)31-12-23-25-17(13-32-23)11-22(28)27-24-26-19(14-33-24)16-6-9-20(29-2)21(10-16)30-3/h4-10,13-14H,11-12H2,1-3H3,(H,26,27,28). The van der Waals surface area contributed by atoms with Crippen molar-refractivity contribution >= 4 is 33.7 Å². The highest BCUT2D eigenvalue weighted by molar-refractivity contribution is 7.14. The lowest BCUT2D eigenvalue weighted by Gasteiger charge is -2.08. The molecular formula is C24H23N3O4S2. The minimum absolute atomic E-state index is 0.167. The van der Waals surface area contributed by atoms with Crippen molar-refractivity contribution in [2.24, 2.45) is 0 Å². The second-order valence-electron chi connectivity index (χ2n) is 7.17. The van der Waals surface area contributed by atoms with E-state index >= 15 is 0 Å². The van der Waals surface area contributed by atoms with Gasteiger partial charge in [-0.2, -0.15) is 0 Å². The summed E-state index contributed by atoms with van der Waals surface area (Å²) in [5.41, 5.74) is 3.51. The Balaban J connectivity index is 1.32. The molecule has 4 aromatic rings. The van der Waals surface area contributed by atoms with Crippen LogP contribution in [0.3, 0.4) is 0 Å². The highest BCUT2D eigenvalue weighted by atomic mass is 32.1. The number of anilines is 1. The Morgan fingerprint density at radius 2 is 1.76 bits per heavy atom. The number of benzene rings is 2. The molecule has 2 aromatic heterocycles. The molecule has 0 fully saturated rings. The van der Waals surface area contributed by atoms with Gasteiger partial charge < -0.3 is 19.5 Å². The summed E-state index contributed by atoms with van der Waals surface area (Å²) in [5.74, 6) is 1.90. The Morgan fingerprint density at radius 3 is 2.52 bits per heavy atom. The van der Waals surface area contributed by atoms with E-state index in [2.05, 4.69) is 15.3 Å². The number of nitrogens with zero attached hydrogens (tertiary/aromatic N) is 2. The minimum atomic E-state index is -0.167. The average Bonchev–Trinajstić information content (AvgIpc) is 3.47. The second-order valence-corrected chi connectivity index (χ2v) is 8.97. The van der Waals surface area contributed by atoms with E-state index in [4.69, 9.17) is 14.2 Å². The molecule has 170 valence electrons. The van der Waals surface area contributed by atoms with Crippen molar-refractivity contribution in [1.82, 2.24) is 9.97 Å². The lowest BCUT2D eigenvalue weighted by atomic mass is 10.1. The third kappa shape index (κ3) is 5.88. The predicted octanol–water partition coefficient (Wildman–Crippen LogP) is 5.35. The fourth-order valence-electron chi connectivity index (χ4n) is 3.06. The SMILES string of the molecule is COc1ccc(-c2csc(NC(=O)Cc3csc(COc4ccc(C)cc4)n3)n2)cc1OC. The Kier molecular flexibility index (Phi) is 7.21. The number of carbonyl (C=O) groups excluding carboxylic acids is 1. The number of methoxy groups -OCH3 is 2. The predicted molar refractivity (Wildman–Crippen MR) is 131 cm³/mol. The number of aromatic nitrogens is 2. The fraction of sp³-hybridized carbons (Fsp3) is 0.208. The van der Waals surface area contributed by atoms with Crippen LogP contribution in [0.4, 0.5) is 5.13 Å². The van der Waals surface area contributed by atoms with Crippen molar-refractivity contribution in [2.75, 3.05) is 19.5 Å². The van der Waals surface area contributed by atoms with Gasteiger partial charge in [-0.1, -0.05) is 17.7 Å². The molecule has 33 heavy (non-hydrogen) atoms. The summed E-state index contributed by atoms with van der Waals surface area (Å²) in [5, 5.41) is 7.97. The van der Waals surface area contributed by atoms with Crippen molar-refractivity contribution in [2.45, 2.75) is 20.0 Å². The summed E-state index contributed by atoms with van der Waals surface area (Å²) in [6.07, 6.45) is 0.173. The smallest absolute Gasteiger partial charge is 0.232 e. The monoisotopic (exact) mass is 481 g/mol. The summed E-state index contributed by atoms with van der Waals surface area (Å²) >= 11 is 2.84. The number of rotatable bonds is 9. The Hall–Kier alpha value is -3.43. The van der Waals surface area contributed by atoms with Gasteiger partial charge in [-0.05, 0) is 37.3 Å². The molecule has 0 radical (unpaired) electrons. The topological polar surface area (TPSA) is 82.6 Å². The van der Waals surface area contributed by atoms with E-state index < -0.39 is 0 Å². The van der Waals surface area contributed by atoms with E-state index in [-0.39, 0.29) is 12.3 Å². The molecule has 0 atom stereocenters. The van der Waals surface area contributed by atoms with Gasteiger partial charge in [-0.25, -0.2) is 9.97 Å². The largest absolute Gasteiger partial charge is 0.493 e. The van der Waals surface area contributed by atoms with Gasteiger partial charge >= 0.3 is 0 Å². The number of hydrogen-bond donors (Lipinski definition) is 1. The van der Waals surface area contributed by atoms with E-state index in [1.165, 1.54) is 28.2 Å². The molecule has 0 aliphatic carbocycles. The molecule has 0 aliphatic rings. The highest BCUT2D eigenvalue weighted by Crippen LogP contribution is 2.33. The number of nitrogens with one attached hydrogen (secondary N) is 1. The van der Waals surface area contributed by atoms with Crippen LogP contribution >= 0.6 is 22.7 Å². The van der Waals surface area contributed by atoms with Crippen LogP contribution in [0, 0.1) is 6.92 Å². The maximum Gasteiger partial charge on any atom is 0.232 e. The van der Waals surface area contributed by atoms with E-state index in [0.29, 0.717) is 28.9 Å². The van der Waals surface area contributed by atoms with Crippen LogP contribution in [-0.4, -0.2) is 30.1 Å². The third-order valence-electron chi connectivity index (χ3n) is 4.75. The van der Waals surface area contributed by atoms with Crippen LogP contribution in [0.15, 0.2) is 53.2 Å². The molecule has 4 rings (SSSR count). The Bertz CT molecular complexity index is 1230. The van der Waals surface area contributed by atoms with Gasteiger partial charge in [-0.15, -0.1) is 22.7 Å². The van der Waals surface area contributed by atoms with Crippen LogP contribution in [0.1, 0.15) is 16.3 Å². The quantitative estimate of drug-likeness (QED) is 0.347. The van der Waals surface area contributed by atoms with Crippen molar-refractivity contribution < 1.29 is 19.0 Å². The Labute approximate surface area is 200 Å². The first-order chi connectivity index (χ1) is 16.0. The highest BCUT2D eigenvalue weighted by Gasteiger charge is 2.13. The van der Waals surface area contributed by atoms with Gasteiger partial charge in [0, 0.05) is 16.3 Å². The van der Waals surface area contributed by atoms with Crippen LogP contribution in [0.2, 0.25) is 0 Å². The van der Waals surface area contributed by atoms with Crippen LogP contribution < -0.4 is 19.5 Å². The summed E-state index contributed by atoms with van der Waals surface area (Å²) in [4.78, 5) is 21.5. The first kappa shape index (κ1) is 22.8. The van der Waals surface area contributed by atoms with Crippen molar-refractivity contribution in [3.63, 3.8) is 0 Å². The number of carbonyl (C=O) groups is 1. The third-order valence-corrected chi connectivity index (χ3v) is 6.38. The minimum Gasteiger partial charge on any atom is -0.493 e. The zero-order chi connectivity index (χ0) is 23.2. The molecule has 9 heteroatoms. The number of hydrogen-bond acceptors (Lipinski definition) is 8. The van der Waals surface area contributed by atoms with Crippen molar-refractivity contribution in [3.05, 3.63) is 69.5 Å². The normalized spacial score (nSPS) is 10.6. The summed E-state index contributed by atoms with van der Waals surface area (Å²) in [7, 11) is 3.18. The van der Waals surface area contributed by atoms with E-state index in [1.807, 2.05) is 60.1 Å². The molecule has 2 aromatic carbocycles. The molecule has 2 heterocycles. The molecule has 1 N–H and O–H groups in total. The van der Waals surface area contributed by atoms with Crippen molar-refractivity contribution in [1.29, 1.82) is 0 Å². The fourth-order valence-corrected chi connectivity index (χ4v) is 4.50. The first-order valence-corrected chi connectivity index (χ1v) is 11.9. The average molecular weight is 482 g/mol.